The number of rotatable bonds is 3. The lowest BCUT2D eigenvalue weighted by Gasteiger charge is -2.47. The molecule has 0 aromatic heterocycles. The lowest BCUT2D eigenvalue weighted by molar-refractivity contribution is -0.180. The summed E-state index contributed by atoms with van der Waals surface area (Å²) in [5.41, 5.74) is -0.0452. The Morgan fingerprint density at radius 2 is 1.39 bits per heavy atom. The highest BCUT2D eigenvalue weighted by molar-refractivity contribution is 4.89. The fourth-order valence-electron chi connectivity index (χ4n) is 3.32. The summed E-state index contributed by atoms with van der Waals surface area (Å²) in [6, 6.07) is 0. The molecule has 2 saturated heterocycles. The minimum absolute atomic E-state index is 0.0226. The van der Waals surface area contributed by atoms with Gasteiger partial charge in [0, 0.05) is 52.4 Å². The molecular weight excluding hydrogens is 226 g/mol. The molecule has 1 N–H and O–H groups in total. The topological polar surface area (TPSA) is 27.7 Å². The molecule has 2 aliphatic heterocycles. The van der Waals surface area contributed by atoms with Crippen LogP contribution in [0.5, 0.6) is 0 Å². The van der Waals surface area contributed by atoms with Gasteiger partial charge in [-0.15, -0.1) is 0 Å². The second-order valence-electron chi connectivity index (χ2n) is 6.92. The fourth-order valence-corrected chi connectivity index (χ4v) is 3.32. The fraction of sp³-hybridized carbons (Fsp3) is 1.00. The van der Waals surface area contributed by atoms with E-state index < -0.39 is 0 Å². The molecule has 0 aromatic rings. The van der Waals surface area contributed by atoms with E-state index in [2.05, 4.69) is 42.8 Å². The van der Waals surface area contributed by atoms with E-state index in [1.165, 1.54) is 19.6 Å². The van der Waals surface area contributed by atoms with Crippen molar-refractivity contribution in [3.63, 3.8) is 0 Å². The molecule has 0 spiro atoms. The summed E-state index contributed by atoms with van der Waals surface area (Å²) < 4.78 is 6.12. The van der Waals surface area contributed by atoms with E-state index in [9.17, 15) is 0 Å². The molecule has 0 unspecified atom stereocenters. The normalized spacial score (nSPS) is 29.3. The third kappa shape index (κ3) is 4.19. The van der Waals surface area contributed by atoms with Gasteiger partial charge in [0.25, 0.3) is 0 Å². The second-order valence-corrected chi connectivity index (χ2v) is 6.92. The van der Waals surface area contributed by atoms with Crippen molar-refractivity contribution in [1.29, 1.82) is 0 Å². The molecular formula is C14H29N3O. The molecule has 2 rings (SSSR count). The third-order valence-electron chi connectivity index (χ3n) is 3.70. The molecule has 4 heteroatoms. The van der Waals surface area contributed by atoms with Crippen molar-refractivity contribution in [2.75, 3.05) is 52.4 Å². The Balaban J connectivity index is 1.81. The first-order chi connectivity index (χ1) is 8.36. The largest absolute Gasteiger partial charge is 0.367 e. The van der Waals surface area contributed by atoms with Gasteiger partial charge in [-0.1, -0.05) is 0 Å². The zero-order valence-corrected chi connectivity index (χ0v) is 12.5. The standard InChI is InChI=1S/C14H29N3O/c1-13(2)11-17(12-14(3,4)18-13)10-9-16-7-5-15-6-8-16/h15H,5-12H2,1-4H3. The summed E-state index contributed by atoms with van der Waals surface area (Å²) >= 11 is 0. The van der Waals surface area contributed by atoms with Crippen molar-refractivity contribution in [3.8, 4) is 0 Å². The monoisotopic (exact) mass is 255 g/mol. The molecule has 2 aliphatic rings. The van der Waals surface area contributed by atoms with Gasteiger partial charge in [-0.3, -0.25) is 9.80 Å². The van der Waals surface area contributed by atoms with E-state index in [1.54, 1.807) is 0 Å². The molecule has 0 aromatic carbocycles. The van der Waals surface area contributed by atoms with Crippen LogP contribution in [0, 0.1) is 0 Å². The predicted molar refractivity (Wildman–Crippen MR) is 75.0 cm³/mol. The van der Waals surface area contributed by atoms with Crippen molar-refractivity contribution < 1.29 is 4.74 Å². The molecule has 0 bridgehead atoms. The van der Waals surface area contributed by atoms with E-state index in [0.29, 0.717) is 0 Å². The van der Waals surface area contributed by atoms with Gasteiger partial charge in [-0.2, -0.15) is 0 Å². The van der Waals surface area contributed by atoms with E-state index >= 15 is 0 Å². The van der Waals surface area contributed by atoms with Crippen molar-refractivity contribution in [1.82, 2.24) is 15.1 Å². The first-order valence-corrected chi connectivity index (χ1v) is 7.22. The van der Waals surface area contributed by atoms with E-state index in [4.69, 9.17) is 4.74 Å². The minimum atomic E-state index is -0.0226. The Kier molecular flexibility index (Phi) is 4.32. The Morgan fingerprint density at radius 3 is 1.94 bits per heavy atom. The van der Waals surface area contributed by atoms with Crippen LogP contribution in [-0.2, 0) is 4.74 Å². The van der Waals surface area contributed by atoms with Crippen LogP contribution < -0.4 is 5.32 Å². The minimum Gasteiger partial charge on any atom is -0.367 e. The lowest BCUT2D eigenvalue weighted by atomic mass is 9.99. The second kappa shape index (κ2) is 5.45. The molecule has 4 nitrogen and oxygen atoms in total. The van der Waals surface area contributed by atoms with Crippen LogP contribution in [0.4, 0.5) is 0 Å². The summed E-state index contributed by atoms with van der Waals surface area (Å²) in [7, 11) is 0. The number of nitrogens with one attached hydrogen (secondary N) is 1. The maximum atomic E-state index is 6.12. The summed E-state index contributed by atoms with van der Waals surface area (Å²) in [6.45, 7) is 17.9. The highest BCUT2D eigenvalue weighted by atomic mass is 16.5. The zero-order valence-electron chi connectivity index (χ0n) is 12.5. The number of hydrogen-bond acceptors (Lipinski definition) is 4. The Labute approximate surface area is 112 Å². The van der Waals surface area contributed by atoms with E-state index in [1.807, 2.05) is 0 Å². The van der Waals surface area contributed by atoms with Crippen LogP contribution >= 0.6 is 0 Å². The number of ether oxygens (including phenoxy) is 1. The van der Waals surface area contributed by atoms with Crippen LogP contribution in [-0.4, -0.2) is 73.4 Å². The molecule has 18 heavy (non-hydrogen) atoms. The Morgan fingerprint density at radius 1 is 0.889 bits per heavy atom. The first kappa shape index (κ1) is 14.3. The summed E-state index contributed by atoms with van der Waals surface area (Å²) in [4.78, 5) is 5.12. The zero-order chi connectivity index (χ0) is 13.2. The van der Waals surface area contributed by atoms with Gasteiger partial charge >= 0.3 is 0 Å². The maximum Gasteiger partial charge on any atom is 0.0760 e. The van der Waals surface area contributed by atoms with Gasteiger partial charge in [0.2, 0.25) is 0 Å². The molecule has 0 atom stereocenters. The first-order valence-electron chi connectivity index (χ1n) is 7.22. The highest BCUT2D eigenvalue weighted by Gasteiger charge is 2.37. The number of nitrogens with zero attached hydrogens (tertiary/aromatic N) is 2. The van der Waals surface area contributed by atoms with Crippen molar-refractivity contribution in [2.24, 2.45) is 0 Å². The smallest absolute Gasteiger partial charge is 0.0760 e. The van der Waals surface area contributed by atoms with Gasteiger partial charge in [0.1, 0.15) is 0 Å². The molecule has 0 amide bonds. The van der Waals surface area contributed by atoms with Crippen LogP contribution in [0.2, 0.25) is 0 Å². The van der Waals surface area contributed by atoms with Crippen LogP contribution in [0.3, 0.4) is 0 Å². The van der Waals surface area contributed by atoms with Gasteiger partial charge in [-0.05, 0) is 27.7 Å². The van der Waals surface area contributed by atoms with Crippen LogP contribution in [0.1, 0.15) is 27.7 Å². The van der Waals surface area contributed by atoms with Crippen LogP contribution in [0.25, 0.3) is 0 Å². The molecule has 2 heterocycles. The quantitative estimate of drug-likeness (QED) is 0.806. The molecule has 2 fully saturated rings. The summed E-state index contributed by atoms with van der Waals surface area (Å²) in [6.07, 6.45) is 0. The van der Waals surface area contributed by atoms with E-state index in [-0.39, 0.29) is 11.2 Å². The molecule has 0 aliphatic carbocycles. The van der Waals surface area contributed by atoms with Crippen molar-refractivity contribution >= 4 is 0 Å². The molecule has 106 valence electrons. The number of morpholine rings is 1. The highest BCUT2D eigenvalue weighted by Crippen LogP contribution is 2.27. The summed E-state index contributed by atoms with van der Waals surface area (Å²) in [5, 5.41) is 3.40. The number of hydrogen-bond donors (Lipinski definition) is 1. The van der Waals surface area contributed by atoms with Crippen molar-refractivity contribution in [3.05, 3.63) is 0 Å². The number of piperazine rings is 1. The van der Waals surface area contributed by atoms with Gasteiger partial charge in [0.15, 0.2) is 0 Å². The average Bonchev–Trinajstić information content (AvgIpc) is 2.24. The maximum absolute atomic E-state index is 6.12. The SMILES string of the molecule is CC1(C)CN(CCN2CCNCC2)CC(C)(C)O1. The molecule has 0 radical (unpaired) electrons. The van der Waals surface area contributed by atoms with Crippen molar-refractivity contribution in [2.45, 2.75) is 38.9 Å². The van der Waals surface area contributed by atoms with Gasteiger partial charge in [-0.25, -0.2) is 0 Å². The van der Waals surface area contributed by atoms with Gasteiger partial charge in [0.05, 0.1) is 11.2 Å². The Hall–Kier alpha value is -0.160. The molecule has 0 saturated carbocycles. The van der Waals surface area contributed by atoms with E-state index in [0.717, 1.165) is 32.7 Å². The Bertz CT molecular complexity index is 256. The van der Waals surface area contributed by atoms with Crippen LogP contribution in [0.15, 0.2) is 0 Å². The third-order valence-corrected chi connectivity index (χ3v) is 3.70. The lowest BCUT2D eigenvalue weighted by Crippen LogP contribution is -2.58. The average molecular weight is 255 g/mol. The van der Waals surface area contributed by atoms with Gasteiger partial charge < -0.3 is 10.1 Å². The predicted octanol–water partition coefficient (Wildman–Crippen LogP) is 0.781. The summed E-state index contributed by atoms with van der Waals surface area (Å²) in [5.74, 6) is 0.